The first-order valence-corrected chi connectivity index (χ1v) is 6.07. The fourth-order valence-corrected chi connectivity index (χ4v) is 2.36. The monoisotopic (exact) mass is 234 g/mol. The molecule has 1 aliphatic rings. The number of aliphatic carboxylic acids is 1. The fraction of sp³-hybridized carbons (Fsp3) is 0.538. The molecule has 0 aliphatic carbocycles. The molecule has 1 aliphatic heterocycles. The predicted molar refractivity (Wildman–Crippen MR) is 64.7 cm³/mol. The summed E-state index contributed by atoms with van der Waals surface area (Å²) in [5.41, 5.74) is 1.24. The van der Waals surface area contributed by atoms with Crippen molar-refractivity contribution < 1.29 is 9.90 Å². The molecule has 0 bridgehead atoms. The van der Waals surface area contributed by atoms with Crippen LogP contribution < -0.4 is 0 Å². The quantitative estimate of drug-likeness (QED) is 0.837. The third kappa shape index (κ3) is 3.82. The highest BCUT2D eigenvalue weighted by atomic mass is 16.4. The Hall–Kier alpha value is -1.42. The summed E-state index contributed by atoms with van der Waals surface area (Å²) >= 11 is 0. The summed E-state index contributed by atoms with van der Waals surface area (Å²) in [5, 5.41) is 8.74. The minimum atomic E-state index is -0.677. The highest BCUT2D eigenvalue weighted by Crippen LogP contribution is 2.19. The number of aromatic nitrogens is 1. The van der Waals surface area contributed by atoms with Crippen LogP contribution in [-0.2, 0) is 11.2 Å². The lowest BCUT2D eigenvalue weighted by Crippen LogP contribution is -2.24. The van der Waals surface area contributed by atoms with Crippen molar-refractivity contribution in [3.8, 4) is 0 Å². The summed E-state index contributed by atoms with van der Waals surface area (Å²) in [5.74, 6) is -0.342. The van der Waals surface area contributed by atoms with Crippen LogP contribution in [0.1, 0.15) is 18.4 Å². The Kier molecular flexibility index (Phi) is 4.09. The largest absolute Gasteiger partial charge is 0.481 e. The van der Waals surface area contributed by atoms with E-state index in [1.807, 2.05) is 12.3 Å². The first-order valence-electron chi connectivity index (χ1n) is 6.07. The highest BCUT2D eigenvalue weighted by Gasteiger charge is 2.23. The Morgan fingerprint density at radius 2 is 2.47 bits per heavy atom. The number of likely N-dealkylation sites (tertiary alicyclic amines) is 1. The maximum Gasteiger partial charge on any atom is 0.303 e. The number of rotatable bonds is 5. The summed E-state index contributed by atoms with van der Waals surface area (Å²) < 4.78 is 0. The van der Waals surface area contributed by atoms with Gasteiger partial charge in [-0.3, -0.25) is 9.78 Å². The summed E-state index contributed by atoms with van der Waals surface area (Å²) in [7, 11) is 0. The summed E-state index contributed by atoms with van der Waals surface area (Å²) in [4.78, 5) is 17.1. The topological polar surface area (TPSA) is 53.4 Å². The number of hydrogen-bond acceptors (Lipinski definition) is 3. The highest BCUT2D eigenvalue weighted by molar-refractivity contribution is 5.67. The molecule has 4 heteroatoms. The van der Waals surface area contributed by atoms with E-state index in [2.05, 4.69) is 16.0 Å². The van der Waals surface area contributed by atoms with Crippen molar-refractivity contribution in [2.45, 2.75) is 19.3 Å². The van der Waals surface area contributed by atoms with E-state index in [4.69, 9.17) is 5.11 Å². The molecule has 2 heterocycles. The van der Waals surface area contributed by atoms with Gasteiger partial charge in [0.25, 0.3) is 0 Å². The van der Waals surface area contributed by atoms with Crippen molar-refractivity contribution in [3.63, 3.8) is 0 Å². The first kappa shape index (κ1) is 12.0. The molecule has 0 saturated carbocycles. The van der Waals surface area contributed by atoms with Crippen LogP contribution in [0.25, 0.3) is 0 Å². The lowest BCUT2D eigenvalue weighted by atomic mass is 10.1. The maximum atomic E-state index is 10.6. The summed E-state index contributed by atoms with van der Waals surface area (Å²) in [6.45, 7) is 2.95. The molecular weight excluding hydrogens is 216 g/mol. The Morgan fingerprint density at radius 3 is 3.18 bits per heavy atom. The van der Waals surface area contributed by atoms with E-state index in [0.717, 1.165) is 32.5 Å². The number of carboxylic acid groups (broad SMARTS) is 1. The molecule has 0 aromatic carbocycles. The molecule has 2 rings (SSSR count). The zero-order valence-electron chi connectivity index (χ0n) is 9.88. The number of pyridine rings is 1. The van der Waals surface area contributed by atoms with Crippen LogP contribution >= 0.6 is 0 Å². The molecule has 1 unspecified atom stereocenters. The smallest absolute Gasteiger partial charge is 0.303 e. The maximum absolute atomic E-state index is 10.6. The van der Waals surface area contributed by atoms with Gasteiger partial charge in [-0.05, 0) is 36.9 Å². The zero-order chi connectivity index (χ0) is 12.1. The van der Waals surface area contributed by atoms with Crippen LogP contribution in [0.2, 0.25) is 0 Å². The molecule has 17 heavy (non-hydrogen) atoms. The standard InChI is InChI=1S/C13H18N2O2/c16-13(17)8-12-4-7-15(10-12)6-3-11-2-1-5-14-9-11/h1-2,5,9,12H,3-4,6-8,10H2,(H,16,17). The SMILES string of the molecule is O=C(O)CC1CCN(CCc2cccnc2)C1. The number of nitrogens with zero attached hydrogens (tertiary/aromatic N) is 2. The second-order valence-corrected chi connectivity index (χ2v) is 4.66. The average molecular weight is 234 g/mol. The van der Waals surface area contributed by atoms with E-state index in [1.165, 1.54) is 5.56 Å². The second kappa shape index (κ2) is 5.77. The van der Waals surface area contributed by atoms with Gasteiger partial charge in [-0.15, -0.1) is 0 Å². The van der Waals surface area contributed by atoms with Crippen molar-refractivity contribution in [1.82, 2.24) is 9.88 Å². The molecule has 1 aromatic rings. The second-order valence-electron chi connectivity index (χ2n) is 4.66. The van der Waals surface area contributed by atoms with Gasteiger partial charge in [0.2, 0.25) is 0 Å². The Labute approximate surface area is 101 Å². The Balaban J connectivity index is 1.73. The van der Waals surface area contributed by atoms with Gasteiger partial charge < -0.3 is 10.0 Å². The van der Waals surface area contributed by atoms with Crippen LogP contribution in [0.5, 0.6) is 0 Å². The minimum absolute atomic E-state index is 0.309. The minimum Gasteiger partial charge on any atom is -0.481 e. The van der Waals surface area contributed by atoms with Crippen LogP contribution in [0.3, 0.4) is 0 Å². The van der Waals surface area contributed by atoms with Crippen LogP contribution in [-0.4, -0.2) is 40.6 Å². The predicted octanol–water partition coefficient (Wildman–Crippen LogP) is 1.42. The number of carbonyl (C=O) groups is 1. The molecule has 1 aromatic heterocycles. The third-order valence-corrected chi connectivity index (χ3v) is 3.27. The third-order valence-electron chi connectivity index (χ3n) is 3.27. The molecule has 1 atom stereocenters. The van der Waals surface area contributed by atoms with E-state index in [9.17, 15) is 4.79 Å². The van der Waals surface area contributed by atoms with E-state index >= 15 is 0 Å². The van der Waals surface area contributed by atoms with Gasteiger partial charge in [0, 0.05) is 31.9 Å². The molecule has 0 radical (unpaired) electrons. The molecule has 1 N–H and O–H groups in total. The summed E-state index contributed by atoms with van der Waals surface area (Å²) in [6, 6.07) is 4.03. The molecule has 1 fully saturated rings. The zero-order valence-corrected chi connectivity index (χ0v) is 9.88. The Bertz CT molecular complexity index is 367. The molecule has 92 valence electrons. The first-order chi connectivity index (χ1) is 8.24. The van der Waals surface area contributed by atoms with Crippen molar-refractivity contribution in [2.24, 2.45) is 5.92 Å². The van der Waals surface area contributed by atoms with Crippen molar-refractivity contribution in [1.29, 1.82) is 0 Å². The van der Waals surface area contributed by atoms with Crippen molar-refractivity contribution >= 4 is 5.97 Å². The number of hydrogen-bond donors (Lipinski definition) is 1. The van der Waals surface area contributed by atoms with Gasteiger partial charge in [-0.1, -0.05) is 6.07 Å². The fourth-order valence-electron chi connectivity index (χ4n) is 2.36. The normalized spacial score (nSPS) is 20.6. The van der Waals surface area contributed by atoms with E-state index in [1.54, 1.807) is 6.20 Å². The van der Waals surface area contributed by atoms with Gasteiger partial charge in [-0.2, -0.15) is 0 Å². The van der Waals surface area contributed by atoms with Crippen molar-refractivity contribution in [3.05, 3.63) is 30.1 Å². The Morgan fingerprint density at radius 1 is 1.59 bits per heavy atom. The summed E-state index contributed by atoms with van der Waals surface area (Å²) in [6.07, 6.45) is 5.99. The van der Waals surface area contributed by atoms with Gasteiger partial charge in [0.15, 0.2) is 0 Å². The van der Waals surface area contributed by atoms with Gasteiger partial charge in [-0.25, -0.2) is 0 Å². The van der Waals surface area contributed by atoms with Crippen LogP contribution in [0.4, 0.5) is 0 Å². The molecule has 0 amide bonds. The molecule has 1 saturated heterocycles. The molecular formula is C13H18N2O2. The van der Waals surface area contributed by atoms with E-state index < -0.39 is 5.97 Å². The van der Waals surface area contributed by atoms with Gasteiger partial charge >= 0.3 is 5.97 Å². The van der Waals surface area contributed by atoms with E-state index in [-0.39, 0.29) is 0 Å². The average Bonchev–Trinajstić information content (AvgIpc) is 2.75. The van der Waals surface area contributed by atoms with Gasteiger partial charge in [0.1, 0.15) is 0 Å². The number of carboxylic acids is 1. The van der Waals surface area contributed by atoms with Crippen LogP contribution in [0.15, 0.2) is 24.5 Å². The molecule has 0 spiro atoms. The lowest BCUT2D eigenvalue weighted by Gasteiger charge is -2.15. The van der Waals surface area contributed by atoms with Crippen molar-refractivity contribution in [2.75, 3.05) is 19.6 Å². The lowest BCUT2D eigenvalue weighted by molar-refractivity contribution is -0.138. The van der Waals surface area contributed by atoms with Gasteiger partial charge in [0.05, 0.1) is 0 Å². The van der Waals surface area contributed by atoms with E-state index in [0.29, 0.717) is 12.3 Å². The molecule has 4 nitrogen and oxygen atoms in total. The van der Waals surface area contributed by atoms with Crippen LogP contribution in [0, 0.1) is 5.92 Å².